The average molecular weight is 335 g/mol. The van der Waals surface area contributed by atoms with E-state index >= 15 is 0 Å². The fraction of sp³-hybridized carbons (Fsp3) is 0.300. The summed E-state index contributed by atoms with van der Waals surface area (Å²) in [4.78, 5) is 32.8. The van der Waals surface area contributed by atoms with Gasteiger partial charge in [-0.3, -0.25) is 19.6 Å². The Bertz CT molecular complexity index is 785. The molecule has 0 saturated heterocycles. The van der Waals surface area contributed by atoms with Crippen LogP contribution in [0, 0.1) is 0 Å². The first-order chi connectivity index (χ1) is 12.1. The molecule has 3 rings (SSSR count). The van der Waals surface area contributed by atoms with Crippen molar-refractivity contribution < 1.29 is 9.59 Å². The molecule has 0 aliphatic heterocycles. The van der Waals surface area contributed by atoms with Crippen molar-refractivity contribution >= 4 is 17.3 Å². The summed E-state index contributed by atoms with van der Waals surface area (Å²) < 4.78 is 0. The molecule has 25 heavy (non-hydrogen) atoms. The highest BCUT2D eigenvalue weighted by atomic mass is 16.2. The van der Waals surface area contributed by atoms with E-state index in [9.17, 15) is 9.59 Å². The molecule has 1 atom stereocenters. The minimum absolute atomic E-state index is 0.0681. The standard InChI is InChI=1S/C20H21N3O2/c1-14(11-16-13-21-9-10-22-16)23-20(25)12-18-17(7-8-19(18)24)15-5-3-2-4-6-15/h2-6,9-10,13-14H,7-8,11-12H2,1H3,(H,23,25)/t14-/m1/s1. The van der Waals surface area contributed by atoms with Gasteiger partial charge in [-0.05, 0) is 24.5 Å². The van der Waals surface area contributed by atoms with Crippen LogP contribution in [-0.4, -0.2) is 27.7 Å². The Morgan fingerprint density at radius 2 is 2.00 bits per heavy atom. The van der Waals surface area contributed by atoms with E-state index in [1.807, 2.05) is 37.3 Å². The number of carbonyl (C=O) groups is 2. The molecule has 0 fully saturated rings. The number of hydrogen-bond donors (Lipinski definition) is 1. The third-order valence-electron chi connectivity index (χ3n) is 4.30. The third kappa shape index (κ3) is 4.38. The van der Waals surface area contributed by atoms with Crippen molar-refractivity contribution in [2.75, 3.05) is 0 Å². The van der Waals surface area contributed by atoms with Gasteiger partial charge in [-0.25, -0.2) is 0 Å². The molecule has 1 aliphatic carbocycles. The fourth-order valence-corrected chi connectivity index (χ4v) is 3.16. The summed E-state index contributed by atoms with van der Waals surface area (Å²) in [7, 11) is 0. The van der Waals surface area contributed by atoms with E-state index in [0.29, 0.717) is 24.8 Å². The van der Waals surface area contributed by atoms with E-state index in [4.69, 9.17) is 0 Å². The minimum Gasteiger partial charge on any atom is -0.353 e. The van der Waals surface area contributed by atoms with Crippen molar-refractivity contribution in [3.05, 3.63) is 65.8 Å². The van der Waals surface area contributed by atoms with Crippen LogP contribution >= 0.6 is 0 Å². The van der Waals surface area contributed by atoms with Gasteiger partial charge in [0.15, 0.2) is 5.78 Å². The molecule has 0 saturated carbocycles. The predicted molar refractivity (Wildman–Crippen MR) is 95.6 cm³/mol. The van der Waals surface area contributed by atoms with E-state index in [-0.39, 0.29) is 24.2 Å². The monoisotopic (exact) mass is 335 g/mol. The van der Waals surface area contributed by atoms with Gasteiger partial charge in [0.1, 0.15) is 0 Å². The zero-order valence-electron chi connectivity index (χ0n) is 14.2. The Hall–Kier alpha value is -2.82. The molecule has 5 heteroatoms. The topological polar surface area (TPSA) is 72.0 Å². The maximum atomic E-state index is 12.4. The molecule has 1 heterocycles. The summed E-state index contributed by atoms with van der Waals surface area (Å²) >= 11 is 0. The van der Waals surface area contributed by atoms with E-state index in [1.165, 1.54) is 0 Å². The van der Waals surface area contributed by atoms with Crippen molar-refractivity contribution in [1.29, 1.82) is 0 Å². The summed E-state index contributed by atoms with van der Waals surface area (Å²) in [5, 5.41) is 2.95. The number of rotatable bonds is 6. The quantitative estimate of drug-likeness (QED) is 0.881. The minimum atomic E-state index is -0.130. The lowest BCUT2D eigenvalue weighted by Gasteiger charge is -2.14. The number of Topliss-reactive ketones (excluding diaryl/α,β-unsaturated/α-hetero) is 1. The van der Waals surface area contributed by atoms with Crippen molar-refractivity contribution in [3.63, 3.8) is 0 Å². The Labute approximate surface area is 147 Å². The SMILES string of the molecule is C[C@H](Cc1cnccn1)NC(=O)CC1=C(c2ccccc2)CCC1=O. The number of ketones is 1. The second kappa shape index (κ2) is 7.83. The van der Waals surface area contributed by atoms with E-state index in [0.717, 1.165) is 16.8 Å². The van der Waals surface area contributed by atoms with Crippen LogP contribution in [0.15, 0.2) is 54.5 Å². The number of aromatic nitrogens is 2. The van der Waals surface area contributed by atoms with E-state index in [1.54, 1.807) is 18.6 Å². The lowest BCUT2D eigenvalue weighted by atomic mass is 10.00. The molecular weight excluding hydrogens is 314 g/mol. The second-order valence-corrected chi connectivity index (χ2v) is 6.29. The van der Waals surface area contributed by atoms with Crippen LogP contribution in [0.4, 0.5) is 0 Å². The molecule has 128 valence electrons. The predicted octanol–water partition coefficient (Wildman–Crippen LogP) is 2.73. The fourth-order valence-electron chi connectivity index (χ4n) is 3.16. The van der Waals surface area contributed by atoms with Crippen molar-refractivity contribution in [2.45, 2.75) is 38.6 Å². The van der Waals surface area contributed by atoms with Crippen LogP contribution in [-0.2, 0) is 16.0 Å². The lowest BCUT2D eigenvalue weighted by molar-refractivity contribution is -0.122. The Balaban J connectivity index is 1.65. The molecule has 0 spiro atoms. The Morgan fingerprint density at radius 3 is 2.72 bits per heavy atom. The zero-order valence-corrected chi connectivity index (χ0v) is 14.2. The summed E-state index contributed by atoms with van der Waals surface area (Å²) in [5.41, 5.74) is 3.51. The first-order valence-electron chi connectivity index (χ1n) is 8.48. The molecule has 1 amide bonds. The molecule has 1 N–H and O–H groups in total. The van der Waals surface area contributed by atoms with Gasteiger partial charge in [0.05, 0.1) is 12.1 Å². The Morgan fingerprint density at radius 1 is 1.20 bits per heavy atom. The van der Waals surface area contributed by atoms with Crippen LogP contribution < -0.4 is 5.32 Å². The lowest BCUT2D eigenvalue weighted by Crippen LogP contribution is -2.34. The smallest absolute Gasteiger partial charge is 0.224 e. The van der Waals surface area contributed by atoms with Crippen LogP contribution in [0.5, 0.6) is 0 Å². The van der Waals surface area contributed by atoms with Gasteiger partial charge in [0.25, 0.3) is 0 Å². The summed E-state index contributed by atoms with van der Waals surface area (Å²) in [6.07, 6.45) is 6.89. The molecule has 0 radical (unpaired) electrons. The third-order valence-corrected chi connectivity index (χ3v) is 4.30. The average Bonchev–Trinajstić information content (AvgIpc) is 2.97. The first kappa shape index (κ1) is 17.0. The van der Waals surface area contributed by atoms with Gasteiger partial charge in [0.2, 0.25) is 5.91 Å². The van der Waals surface area contributed by atoms with Crippen LogP contribution in [0.2, 0.25) is 0 Å². The van der Waals surface area contributed by atoms with E-state index in [2.05, 4.69) is 15.3 Å². The number of amides is 1. The van der Waals surface area contributed by atoms with Gasteiger partial charge in [-0.15, -0.1) is 0 Å². The number of nitrogens with zero attached hydrogens (tertiary/aromatic N) is 2. The highest BCUT2D eigenvalue weighted by Crippen LogP contribution is 2.33. The number of nitrogens with one attached hydrogen (secondary N) is 1. The molecule has 0 bridgehead atoms. The van der Waals surface area contributed by atoms with Gasteiger partial charge in [0, 0.05) is 43.0 Å². The van der Waals surface area contributed by atoms with E-state index < -0.39 is 0 Å². The molecule has 1 aliphatic rings. The number of carbonyl (C=O) groups excluding carboxylic acids is 2. The number of hydrogen-bond acceptors (Lipinski definition) is 4. The molecule has 2 aromatic rings. The van der Waals surface area contributed by atoms with Crippen LogP contribution in [0.3, 0.4) is 0 Å². The van der Waals surface area contributed by atoms with Crippen LogP contribution in [0.1, 0.15) is 37.4 Å². The number of benzene rings is 1. The van der Waals surface area contributed by atoms with Gasteiger partial charge < -0.3 is 5.32 Å². The maximum Gasteiger partial charge on any atom is 0.224 e. The van der Waals surface area contributed by atoms with Crippen LogP contribution in [0.25, 0.3) is 5.57 Å². The molecule has 1 aromatic heterocycles. The van der Waals surface area contributed by atoms with Gasteiger partial charge >= 0.3 is 0 Å². The maximum absolute atomic E-state index is 12.4. The molecule has 5 nitrogen and oxygen atoms in total. The normalized spacial score (nSPS) is 15.3. The van der Waals surface area contributed by atoms with Crippen molar-refractivity contribution in [1.82, 2.24) is 15.3 Å². The van der Waals surface area contributed by atoms with Gasteiger partial charge in [-0.1, -0.05) is 30.3 Å². The van der Waals surface area contributed by atoms with Crippen molar-refractivity contribution in [3.8, 4) is 0 Å². The summed E-state index contributed by atoms with van der Waals surface area (Å²) in [6.45, 7) is 1.93. The molecule has 1 aromatic carbocycles. The Kier molecular flexibility index (Phi) is 5.33. The molecular formula is C20H21N3O2. The second-order valence-electron chi connectivity index (χ2n) is 6.29. The zero-order chi connectivity index (χ0) is 17.6. The summed E-state index contributed by atoms with van der Waals surface area (Å²) in [5.74, 6) is -0.0503. The largest absolute Gasteiger partial charge is 0.353 e. The molecule has 0 unspecified atom stereocenters. The van der Waals surface area contributed by atoms with Crippen molar-refractivity contribution in [2.24, 2.45) is 0 Å². The van der Waals surface area contributed by atoms with Gasteiger partial charge in [-0.2, -0.15) is 0 Å². The highest BCUT2D eigenvalue weighted by Gasteiger charge is 2.26. The summed E-state index contributed by atoms with van der Waals surface area (Å²) in [6, 6.07) is 9.76. The number of allylic oxidation sites excluding steroid dienone is 1. The highest BCUT2D eigenvalue weighted by molar-refractivity contribution is 6.10. The first-order valence-corrected chi connectivity index (χ1v) is 8.48.